The van der Waals surface area contributed by atoms with Gasteiger partial charge in [-0.3, -0.25) is 14.0 Å². The Kier molecular flexibility index (Phi) is 2.87. The van der Waals surface area contributed by atoms with Gasteiger partial charge in [-0.15, -0.1) is 11.3 Å². The maximum Gasteiger partial charge on any atom is 0.271 e. The number of nitrogens with zero attached hydrogens (tertiary/aromatic N) is 3. The maximum atomic E-state index is 12.7. The molecule has 110 valence electrons. The number of carbonyl (C=O) groups excluding carboxylic acids is 1. The summed E-state index contributed by atoms with van der Waals surface area (Å²) < 4.78 is 1.42. The van der Waals surface area contributed by atoms with Crippen LogP contribution < -0.4 is 5.56 Å². The van der Waals surface area contributed by atoms with Gasteiger partial charge in [0.2, 0.25) is 0 Å². The summed E-state index contributed by atoms with van der Waals surface area (Å²) in [7, 11) is 0. The molecule has 0 aromatic carbocycles. The summed E-state index contributed by atoms with van der Waals surface area (Å²) >= 11 is 1.37. The van der Waals surface area contributed by atoms with Gasteiger partial charge in [0.05, 0.1) is 6.10 Å². The molecule has 1 amide bonds. The van der Waals surface area contributed by atoms with Crippen molar-refractivity contribution in [3.05, 3.63) is 33.7 Å². The van der Waals surface area contributed by atoms with E-state index in [2.05, 4.69) is 4.98 Å². The molecule has 7 heteroatoms. The second-order valence-corrected chi connectivity index (χ2v) is 6.63. The van der Waals surface area contributed by atoms with E-state index in [-0.39, 0.29) is 35.2 Å². The predicted molar refractivity (Wildman–Crippen MR) is 77.6 cm³/mol. The molecule has 2 aromatic heterocycles. The molecule has 6 nitrogen and oxygen atoms in total. The monoisotopic (exact) mass is 305 g/mol. The molecule has 0 radical (unpaired) electrons. The van der Waals surface area contributed by atoms with Crippen molar-refractivity contribution in [2.75, 3.05) is 0 Å². The Morgan fingerprint density at radius 2 is 2.05 bits per heavy atom. The van der Waals surface area contributed by atoms with Gasteiger partial charge in [0.15, 0.2) is 4.96 Å². The van der Waals surface area contributed by atoms with Gasteiger partial charge in [-0.1, -0.05) is 0 Å². The third kappa shape index (κ3) is 1.91. The number of rotatable bonds is 1. The van der Waals surface area contributed by atoms with Crippen molar-refractivity contribution in [1.82, 2.24) is 14.3 Å². The van der Waals surface area contributed by atoms with Crippen molar-refractivity contribution in [2.45, 2.75) is 43.9 Å². The highest BCUT2D eigenvalue weighted by Crippen LogP contribution is 2.36. The number of aromatic nitrogens is 2. The molecule has 1 N–H and O–H groups in total. The molecule has 2 aliphatic heterocycles. The van der Waals surface area contributed by atoms with Crippen LogP contribution in [0.2, 0.25) is 0 Å². The Bertz CT molecular complexity index is 754. The SMILES string of the molecule is O=C(c1cnc2sccn2c1=O)N1C2CCC1CC(O)C2. The molecule has 2 unspecified atom stereocenters. The van der Waals surface area contributed by atoms with Gasteiger partial charge in [-0.05, 0) is 25.7 Å². The van der Waals surface area contributed by atoms with Gasteiger partial charge < -0.3 is 10.0 Å². The lowest BCUT2D eigenvalue weighted by Gasteiger charge is -2.37. The van der Waals surface area contributed by atoms with Gasteiger partial charge in [0.25, 0.3) is 11.5 Å². The zero-order chi connectivity index (χ0) is 14.6. The summed E-state index contributed by atoms with van der Waals surface area (Å²) in [4.78, 5) is 31.7. The maximum absolute atomic E-state index is 12.7. The summed E-state index contributed by atoms with van der Waals surface area (Å²) in [5.41, 5.74) is -0.184. The fourth-order valence-corrected chi connectivity index (χ4v) is 4.27. The van der Waals surface area contributed by atoms with E-state index in [4.69, 9.17) is 0 Å². The van der Waals surface area contributed by atoms with Gasteiger partial charge in [-0.2, -0.15) is 0 Å². The highest BCUT2D eigenvalue weighted by molar-refractivity contribution is 7.15. The first-order valence-corrected chi connectivity index (χ1v) is 7.98. The highest BCUT2D eigenvalue weighted by Gasteiger charge is 2.43. The molecule has 0 aliphatic carbocycles. The Morgan fingerprint density at radius 3 is 2.76 bits per heavy atom. The van der Waals surface area contributed by atoms with E-state index in [1.807, 2.05) is 0 Å². The number of fused-ring (bicyclic) bond motifs is 3. The van der Waals surface area contributed by atoms with Gasteiger partial charge >= 0.3 is 0 Å². The molecule has 2 saturated heterocycles. The van der Waals surface area contributed by atoms with Crippen molar-refractivity contribution in [1.29, 1.82) is 0 Å². The lowest BCUT2D eigenvalue weighted by Crippen LogP contribution is -2.49. The quantitative estimate of drug-likeness (QED) is 0.849. The molecular weight excluding hydrogens is 290 g/mol. The summed E-state index contributed by atoms with van der Waals surface area (Å²) in [6.07, 6.45) is 5.73. The number of hydrogen-bond acceptors (Lipinski definition) is 5. The van der Waals surface area contributed by atoms with Crippen LogP contribution in [0.4, 0.5) is 0 Å². The number of aliphatic hydroxyl groups is 1. The third-order valence-electron chi connectivity index (χ3n) is 4.52. The molecule has 0 spiro atoms. The van der Waals surface area contributed by atoms with Crippen molar-refractivity contribution >= 4 is 22.2 Å². The van der Waals surface area contributed by atoms with E-state index in [1.165, 1.54) is 21.9 Å². The molecular formula is C14H15N3O3S. The van der Waals surface area contributed by atoms with Crippen LogP contribution in [-0.2, 0) is 0 Å². The number of amides is 1. The lowest BCUT2D eigenvalue weighted by atomic mass is 9.99. The van der Waals surface area contributed by atoms with E-state index >= 15 is 0 Å². The molecule has 2 atom stereocenters. The fourth-order valence-electron chi connectivity index (χ4n) is 3.59. The topological polar surface area (TPSA) is 74.9 Å². The number of piperidine rings is 1. The predicted octanol–water partition coefficient (Wildman–Crippen LogP) is 0.884. The van der Waals surface area contributed by atoms with Crippen LogP contribution in [0.15, 0.2) is 22.6 Å². The molecule has 2 aromatic rings. The Morgan fingerprint density at radius 1 is 1.33 bits per heavy atom. The smallest absolute Gasteiger partial charge is 0.271 e. The van der Waals surface area contributed by atoms with Crippen molar-refractivity contribution < 1.29 is 9.90 Å². The number of thiazole rings is 1. The summed E-state index contributed by atoms with van der Waals surface area (Å²) in [6, 6.07) is 0.0997. The van der Waals surface area contributed by atoms with Crippen LogP contribution in [0, 0.1) is 0 Å². The van der Waals surface area contributed by atoms with Crippen molar-refractivity contribution in [3.63, 3.8) is 0 Å². The van der Waals surface area contributed by atoms with Crippen LogP contribution >= 0.6 is 11.3 Å². The zero-order valence-electron chi connectivity index (χ0n) is 11.3. The normalized spacial score (nSPS) is 28.2. The number of hydrogen-bond donors (Lipinski definition) is 1. The number of aliphatic hydroxyl groups excluding tert-OH is 1. The molecule has 2 aliphatic rings. The van der Waals surface area contributed by atoms with E-state index in [1.54, 1.807) is 16.5 Å². The van der Waals surface area contributed by atoms with Gasteiger partial charge in [0, 0.05) is 29.9 Å². The van der Waals surface area contributed by atoms with Gasteiger partial charge in [0.1, 0.15) is 5.56 Å². The standard InChI is InChI=1S/C14H15N3O3S/c18-10-5-8-1-2-9(6-10)17(8)13(20)11-7-15-14-16(12(11)19)3-4-21-14/h3-4,7-10,18H,1-2,5-6H2. The molecule has 0 saturated carbocycles. The van der Waals surface area contributed by atoms with E-state index in [0.29, 0.717) is 17.8 Å². The molecule has 2 fully saturated rings. The molecule has 4 rings (SSSR count). The molecule has 21 heavy (non-hydrogen) atoms. The first-order valence-electron chi connectivity index (χ1n) is 7.10. The highest BCUT2D eigenvalue weighted by atomic mass is 32.1. The van der Waals surface area contributed by atoms with E-state index in [9.17, 15) is 14.7 Å². The average molecular weight is 305 g/mol. The number of carbonyl (C=O) groups is 1. The van der Waals surface area contributed by atoms with Crippen LogP contribution in [0.5, 0.6) is 0 Å². The second kappa shape index (κ2) is 4.64. The van der Waals surface area contributed by atoms with Crippen LogP contribution in [-0.4, -0.2) is 43.5 Å². The molecule has 2 bridgehead atoms. The van der Waals surface area contributed by atoms with E-state index < -0.39 is 0 Å². The second-order valence-electron chi connectivity index (χ2n) is 5.76. The minimum absolute atomic E-state index is 0.0498. The van der Waals surface area contributed by atoms with Crippen LogP contribution in [0.1, 0.15) is 36.0 Å². The van der Waals surface area contributed by atoms with Crippen molar-refractivity contribution in [3.8, 4) is 0 Å². The third-order valence-corrected chi connectivity index (χ3v) is 5.29. The average Bonchev–Trinajstić information content (AvgIpc) is 3.03. The Labute approximate surface area is 124 Å². The molecule has 4 heterocycles. The largest absolute Gasteiger partial charge is 0.393 e. The van der Waals surface area contributed by atoms with Gasteiger partial charge in [-0.25, -0.2) is 4.98 Å². The zero-order valence-corrected chi connectivity index (χ0v) is 12.1. The summed E-state index contributed by atoms with van der Waals surface area (Å²) in [5, 5.41) is 11.6. The first kappa shape index (κ1) is 13.0. The fraction of sp³-hybridized carbons (Fsp3) is 0.500. The first-order chi connectivity index (χ1) is 10.1. The minimum Gasteiger partial charge on any atom is -0.393 e. The summed E-state index contributed by atoms with van der Waals surface area (Å²) in [5.74, 6) is -0.243. The Balaban J connectivity index is 1.74. The Hall–Kier alpha value is -1.73. The van der Waals surface area contributed by atoms with E-state index in [0.717, 1.165) is 12.8 Å². The van der Waals surface area contributed by atoms with Crippen LogP contribution in [0.3, 0.4) is 0 Å². The summed E-state index contributed by atoms with van der Waals surface area (Å²) in [6.45, 7) is 0. The van der Waals surface area contributed by atoms with Crippen molar-refractivity contribution in [2.24, 2.45) is 0 Å². The minimum atomic E-state index is -0.329. The lowest BCUT2D eigenvalue weighted by molar-refractivity contribution is 0.0285. The van der Waals surface area contributed by atoms with Crippen LogP contribution in [0.25, 0.3) is 4.96 Å².